The van der Waals surface area contributed by atoms with Crippen LogP contribution in [0.3, 0.4) is 0 Å². The van der Waals surface area contributed by atoms with Crippen LogP contribution in [0.15, 0.2) is 164 Å². The number of benzene rings is 7. The number of aliphatic hydroxyl groups excluding tert-OH is 2. The monoisotopic (exact) mass is 679 g/mol. The molecule has 1 aliphatic rings. The molecular weight excluding hydrogens is 643 g/mol. The molecule has 0 atom stereocenters. The second-order valence-corrected chi connectivity index (χ2v) is 13.2. The Morgan fingerprint density at radius 2 is 1.00 bits per heavy atom. The molecule has 0 saturated heterocycles. The summed E-state index contributed by atoms with van der Waals surface area (Å²) in [5.41, 5.74) is 12.1. The van der Waals surface area contributed by atoms with Crippen LogP contribution >= 0.6 is 0 Å². The molecular formula is C47H37NO4. The maximum Gasteiger partial charge on any atom is 0.119 e. The van der Waals surface area contributed by atoms with Crippen LogP contribution in [0.4, 0.5) is 0 Å². The lowest BCUT2D eigenvalue weighted by molar-refractivity contribution is 0.201. The van der Waals surface area contributed by atoms with Gasteiger partial charge in [0.25, 0.3) is 0 Å². The molecule has 52 heavy (non-hydrogen) atoms. The number of aromatic nitrogens is 1. The van der Waals surface area contributed by atoms with Crippen LogP contribution < -0.4 is 9.47 Å². The van der Waals surface area contributed by atoms with E-state index in [-0.39, 0.29) is 26.4 Å². The lowest BCUT2D eigenvalue weighted by Crippen LogP contribution is -2.28. The van der Waals surface area contributed by atoms with Crippen LogP contribution in [0.25, 0.3) is 49.7 Å². The van der Waals surface area contributed by atoms with Gasteiger partial charge in [0.05, 0.1) is 29.7 Å². The normalized spacial score (nSPS) is 12.9. The number of nitrogens with zero attached hydrogens (tertiary/aromatic N) is 1. The average Bonchev–Trinajstić information content (AvgIpc) is 3.70. The fourth-order valence-electron chi connectivity index (χ4n) is 8.20. The first-order valence-electron chi connectivity index (χ1n) is 17.7. The molecule has 7 aromatic carbocycles. The van der Waals surface area contributed by atoms with Gasteiger partial charge in [0, 0.05) is 16.5 Å². The lowest BCUT2D eigenvalue weighted by atomic mass is 9.67. The second kappa shape index (κ2) is 13.2. The van der Waals surface area contributed by atoms with Gasteiger partial charge in [-0.25, -0.2) is 0 Å². The molecule has 5 heteroatoms. The highest BCUT2D eigenvalue weighted by atomic mass is 16.5. The van der Waals surface area contributed by atoms with Crippen molar-refractivity contribution in [1.29, 1.82) is 0 Å². The number of hydrogen-bond acceptors (Lipinski definition) is 4. The zero-order valence-electron chi connectivity index (χ0n) is 28.6. The number of aliphatic hydroxyl groups is 2. The zero-order valence-corrected chi connectivity index (χ0v) is 28.6. The minimum atomic E-state index is -0.641. The van der Waals surface area contributed by atoms with E-state index in [9.17, 15) is 10.2 Å². The highest BCUT2D eigenvalue weighted by Gasteiger charge is 2.46. The van der Waals surface area contributed by atoms with Crippen molar-refractivity contribution in [3.63, 3.8) is 0 Å². The third-order valence-electron chi connectivity index (χ3n) is 10.4. The number of fused-ring (bicyclic) bond motifs is 6. The van der Waals surface area contributed by atoms with Gasteiger partial charge in [0.1, 0.15) is 24.7 Å². The fraction of sp³-hybridized carbons (Fsp3) is 0.106. The molecule has 0 amide bonds. The van der Waals surface area contributed by atoms with E-state index in [1.54, 1.807) is 0 Å². The predicted molar refractivity (Wildman–Crippen MR) is 209 cm³/mol. The van der Waals surface area contributed by atoms with Gasteiger partial charge >= 0.3 is 0 Å². The van der Waals surface area contributed by atoms with Crippen LogP contribution in [-0.2, 0) is 5.41 Å². The first-order valence-corrected chi connectivity index (χ1v) is 17.7. The molecule has 0 unspecified atom stereocenters. The fourth-order valence-corrected chi connectivity index (χ4v) is 8.20. The molecule has 254 valence electrons. The van der Waals surface area contributed by atoms with Gasteiger partial charge in [-0.2, -0.15) is 0 Å². The van der Waals surface area contributed by atoms with E-state index < -0.39 is 5.41 Å². The molecule has 2 N–H and O–H groups in total. The molecule has 0 aliphatic heterocycles. The Labute approximate surface area is 302 Å². The van der Waals surface area contributed by atoms with E-state index in [0.717, 1.165) is 27.9 Å². The Morgan fingerprint density at radius 1 is 0.462 bits per heavy atom. The highest BCUT2D eigenvalue weighted by Crippen LogP contribution is 2.57. The largest absolute Gasteiger partial charge is 0.491 e. The molecule has 0 bridgehead atoms. The van der Waals surface area contributed by atoms with Gasteiger partial charge in [0.2, 0.25) is 0 Å². The Hall–Kier alpha value is -6.14. The topological polar surface area (TPSA) is 63.9 Å². The smallest absolute Gasteiger partial charge is 0.119 e. The SMILES string of the molecule is OCCOc1ccc(C2(c3ccc(OCCO)cc3)c3ccccc3-c3ccc(-c4cccc(-n5c6ccccc6c6ccccc65)c4)cc32)cc1. The van der Waals surface area contributed by atoms with Crippen molar-refractivity contribution in [2.24, 2.45) is 0 Å². The molecule has 1 aromatic heterocycles. The molecule has 8 aromatic rings. The summed E-state index contributed by atoms with van der Waals surface area (Å²) in [5, 5.41) is 21.2. The quantitative estimate of drug-likeness (QED) is 0.151. The van der Waals surface area contributed by atoms with E-state index >= 15 is 0 Å². The van der Waals surface area contributed by atoms with Gasteiger partial charge < -0.3 is 24.3 Å². The van der Waals surface area contributed by atoms with Crippen LogP contribution in [0.2, 0.25) is 0 Å². The molecule has 5 nitrogen and oxygen atoms in total. The van der Waals surface area contributed by atoms with E-state index in [4.69, 9.17) is 9.47 Å². The Bertz CT molecular complexity index is 2450. The predicted octanol–water partition coefficient (Wildman–Crippen LogP) is 9.56. The van der Waals surface area contributed by atoms with Crippen LogP contribution in [0.5, 0.6) is 11.5 Å². The van der Waals surface area contributed by atoms with E-state index in [0.29, 0.717) is 11.5 Å². The molecule has 1 heterocycles. The van der Waals surface area contributed by atoms with Gasteiger partial charge in [0.15, 0.2) is 0 Å². The summed E-state index contributed by atoms with van der Waals surface area (Å²) in [6, 6.07) is 58.2. The standard InChI is InChI=1S/C47H37NO4/c49-26-28-51-37-21-17-34(18-22-37)47(35-19-23-38(24-20-35)52-29-27-50)43-13-4-1-10-39(43)40-25-16-33(31-44(40)47)32-8-7-9-36(30-32)48-45-14-5-2-11-41(45)42-12-3-6-15-46(42)48/h1-25,30-31,49-50H,26-29H2. The van der Waals surface area contributed by atoms with Crippen LogP contribution in [0.1, 0.15) is 22.3 Å². The zero-order chi connectivity index (χ0) is 35.1. The number of rotatable bonds is 10. The molecule has 0 saturated carbocycles. The summed E-state index contributed by atoms with van der Waals surface area (Å²) in [6.45, 7) is 0.390. The maximum atomic E-state index is 9.37. The van der Waals surface area contributed by atoms with Crippen molar-refractivity contribution < 1.29 is 19.7 Å². The van der Waals surface area contributed by atoms with Gasteiger partial charge in [-0.05, 0) is 99.1 Å². The molecule has 0 spiro atoms. The number of ether oxygens (including phenoxy) is 2. The Morgan fingerprint density at radius 3 is 1.62 bits per heavy atom. The van der Waals surface area contributed by atoms with Crippen molar-refractivity contribution in [3.05, 3.63) is 186 Å². The van der Waals surface area contributed by atoms with Crippen LogP contribution in [0, 0.1) is 0 Å². The molecule has 9 rings (SSSR count). The first kappa shape index (κ1) is 31.8. The first-order chi connectivity index (χ1) is 25.7. The molecule has 0 radical (unpaired) electrons. The number of hydrogen-bond donors (Lipinski definition) is 2. The third-order valence-corrected chi connectivity index (χ3v) is 10.4. The summed E-state index contributed by atoms with van der Waals surface area (Å²) in [4.78, 5) is 0. The van der Waals surface area contributed by atoms with Gasteiger partial charge in [-0.1, -0.05) is 109 Å². The molecule has 0 fully saturated rings. The third kappa shape index (κ3) is 5.09. The summed E-state index contributed by atoms with van der Waals surface area (Å²) in [5.74, 6) is 1.42. The number of para-hydroxylation sites is 2. The van der Waals surface area contributed by atoms with Gasteiger partial charge in [-0.3, -0.25) is 0 Å². The average molecular weight is 680 g/mol. The minimum Gasteiger partial charge on any atom is -0.491 e. The van der Waals surface area contributed by atoms with Gasteiger partial charge in [-0.15, -0.1) is 0 Å². The van der Waals surface area contributed by atoms with Crippen molar-refractivity contribution in [2.45, 2.75) is 5.41 Å². The van der Waals surface area contributed by atoms with E-state index in [2.05, 4.69) is 144 Å². The van der Waals surface area contributed by atoms with E-state index in [1.807, 2.05) is 24.3 Å². The Kier molecular flexibility index (Phi) is 8.08. The lowest BCUT2D eigenvalue weighted by Gasteiger charge is -2.34. The summed E-state index contributed by atoms with van der Waals surface area (Å²) in [6.07, 6.45) is 0. The van der Waals surface area contributed by atoms with Crippen molar-refractivity contribution >= 4 is 21.8 Å². The summed E-state index contributed by atoms with van der Waals surface area (Å²) < 4.78 is 13.9. The summed E-state index contributed by atoms with van der Waals surface area (Å²) in [7, 11) is 0. The minimum absolute atomic E-state index is 0.0437. The van der Waals surface area contributed by atoms with Crippen molar-refractivity contribution in [3.8, 4) is 39.4 Å². The Balaban J connectivity index is 1.24. The molecule has 1 aliphatic carbocycles. The van der Waals surface area contributed by atoms with Crippen LogP contribution in [-0.4, -0.2) is 41.2 Å². The maximum absolute atomic E-state index is 9.37. The van der Waals surface area contributed by atoms with E-state index in [1.165, 1.54) is 44.1 Å². The highest BCUT2D eigenvalue weighted by molar-refractivity contribution is 6.09. The second-order valence-electron chi connectivity index (χ2n) is 13.2. The summed E-state index contributed by atoms with van der Waals surface area (Å²) >= 11 is 0. The van der Waals surface area contributed by atoms with Crippen molar-refractivity contribution in [1.82, 2.24) is 4.57 Å². The van der Waals surface area contributed by atoms with Crippen molar-refractivity contribution in [2.75, 3.05) is 26.4 Å².